The maximum absolute atomic E-state index is 12.3. The summed E-state index contributed by atoms with van der Waals surface area (Å²) in [6.45, 7) is 1.84. The van der Waals surface area contributed by atoms with E-state index in [1.165, 1.54) is 15.9 Å². The minimum Gasteiger partial charge on any atom is -0.421 e. The van der Waals surface area contributed by atoms with Crippen molar-refractivity contribution in [1.82, 2.24) is 19.6 Å². The van der Waals surface area contributed by atoms with Gasteiger partial charge in [-0.2, -0.15) is 4.98 Å². The van der Waals surface area contributed by atoms with Crippen LogP contribution in [0.2, 0.25) is 0 Å². The second kappa shape index (κ2) is 6.96. The lowest BCUT2D eigenvalue weighted by Gasteiger charge is -2.05. The number of anilines is 1. The van der Waals surface area contributed by atoms with E-state index in [0.717, 1.165) is 5.69 Å². The molecule has 0 fully saturated rings. The van der Waals surface area contributed by atoms with Gasteiger partial charge in [0.2, 0.25) is 0 Å². The molecule has 27 heavy (non-hydrogen) atoms. The highest BCUT2D eigenvalue weighted by molar-refractivity contribution is 7.12. The molecule has 0 spiro atoms. The second-order valence-corrected chi connectivity index (χ2v) is 6.53. The molecule has 8 nitrogen and oxygen atoms in total. The normalized spacial score (nSPS) is 10.7. The van der Waals surface area contributed by atoms with Crippen LogP contribution >= 0.6 is 11.3 Å². The van der Waals surface area contributed by atoms with Gasteiger partial charge in [0.15, 0.2) is 0 Å². The van der Waals surface area contributed by atoms with Crippen LogP contribution in [0.4, 0.5) is 5.69 Å². The molecule has 0 atom stereocenters. The average molecular weight is 379 g/mol. The quantitative estimate of drug-likeness (QED) is 0.432. The average Bonchev–Trinajstić information content (AvgIpc) is 3.34. The topological polar surface area (TPSA) is 98.5 Å². The third kappa shape index (κ3) is 3.53. The summed E-state index contributed by atoms with van der Waals surface area (Å²) in [6, 6.07) is 11.8. The molecule has 4 rings (SSSR count). The van der Waals surface area contributed by atoms with Crippen LogP contribution in [0, 0.1) is 6.92 Å². The Morgan fingerprint density at radius 3 is 2.67 bits per heavy atom. The second-order valence-electron chi connectivity index (χ2n) is 5.58. The largest absolute Gasteiger partial charge is 0.421 e. The van der Waals surface area contributed by atoms with Gasteiger partial charge in [-0.05, 0) is 48.7 Å². The molecule has 0 unspecified atom stereocenters. The highest BCUT2D eigenvalue weighted by Gasteiger charge is 2.17. The van der Waals surface area contributed by atoms with Crippen molar-refractivity contribution < 1.29 is 14.3 Å². The van der Waals surface area contributed by atoms with Crippen LogP contribution in [-0.4, -0.2) is 31.5 Å². The molecule has 1 amide bonds. The van der Waals surface area contributed by atoms with E-state index in [0.29, 0.717) is 22.1 Å². The summed E-state index contributed by atoms with van der Waals surface area (Å²) in [5, 5.41) is 8.72. The zero-order valence-corrected chi connectivity index (χ0v) is 14.9. The van der Waals surface area contributed by atoms with Gasteiger partial charge in [0.25, 0.3) is 17.5 Å². The number of hydrogen-bond acceptors (Lipinski definition) is 7. The maximum atomic E-state index is 12.3. The number of aryl methyl sites for hydroxylation is 1. The summed E-state index contributed by atoms with van der Waals surface area (Å²) in [5.41, 5.74) is 1.40. The Hall–Kier alpha value is -3.59. The van der Waals surface area contributed by atoms with E-state index in [2.05, 4.69) is 20.4 Å². The van der Waals surface area contributed by atoms with E-state index in [9.17, 15) is 9.59 Å². The summed E-state index contributed by atoms with van der Waals surface area (Å²) in [6.07, 6.45) is 1.59. The number of nitrogens with zero attached hydrogens (tertiary/aromatic N) is 4. The molecule has 0 saturated heterocycles. The van der Waals surface area contributed by atoms with E-state index < -0.39 is 5.97 Å². The summed E-state index contributed by atoms with van der Waals surface area (Å²) < 4.78 is 6.76. The first kappa shape index (κ1) is 16.9. The van der Waals surface area contributed by atoms with Crippen LogP contribution in [0.25, 0.3) is 5.78 Å². The van der Waals surface area contributed by atoms with Crippen molar-refractivity contribution in [2.45, 2.75) is 6.92 Å². The molecule has 1 aromatic carbocycles. The fourth-order valence-corrected chi connectivity index (χ4v) is 2.97. The maximum Gasteiger partial charge on any atom is 0.383 e. The number of amides is 1. The van der Waals surface area contributed by atoms with Gasteiger partial charge in [0.05, 0.1) is 4.88 Å². The van der Waals surface area contributed by atoms with Crippen LogP contribution in [0.3, 0.4) is 0 Å². The van der Waals surface area contributed by atoms with Crippen molar-refractivity contribution >= 4 is 34.7 Å². The standard InChI is InChI=1S/C18H13N5O3S/c1-11-8-9-19-18-21-15(22-23(11)18)17(25)26-13-6-4-12(5-7-13)20-16(24)14-3-2-10-27-14/h2-10H,1H3,(H,20,24). The lowest BCUT2D eigenvalue weighted by molar-refractivity contribution is 0.0722. The van der Waals surface area contributed by atoms with Crippen LogP contribution in [-0.2, 0) is 0 Å². The first-order valence-electron chi connectivity index (χ1n) is 7.95. The molecule has 0 aliphatic carbocycles. The smallest absolute Gasteiger partial charge is 0.383 e. The highest BCUT2D eigenvalue weighted by Crippen LogP contribution is 2.18. The number of thiophene rings is 1. The van der Waals surface area contributed by atoms with Gasteiger partial charge in [0, 0.05) is 17.6 Å². The lowest BCUT2D eigenvalue weighted by Crippen LogP contribution is -2.12. The minimum atomic E-state index is -0.685. The molecule has 0 radical (unpaired) electrons. The molecule has 4 aromatic rings. The monoisotopic (exact) mass is 379 g/mol. The number of hydrogen-bond donors (Lipinski definition) is 1. The van der Waals surface area contributed by atoms with Crippen molar-refractivity contribution in [3.63, 3.8) is 0 Å². The van der Waals surface area contributed by atoms with E-state index in [-0.39, 0.29) is 11.7 Å². The predicted octanol–water partition coefficient (Wildman–Crippen LogP) is 2.97. The SMILES string of the molecule is Cc1ccnc2nc(C(=O)Oc3ccc(NC(=O)c4cccs4)cc3)nn12. The third-order valence-electron chi connectivity index (χ3n) is 3.68. The zero-order valence-electron chi connectivity index (χ0n) is 14.1. The summed E-state index contributed by atoms with van der Waals surface area (Å²) in [7, 11) is 0. The van der Waals surface area contributed by atoms with Crippen molar-refractivity contribution in [2.24, 2.45) is 0 Å². The van der Waals surface area contributed by atoms with Gasteiger partial charge in [-0.15, -0.1) is 16.4 Å². The van der Waals surface area contributed by atoms with Gasteiger partial charge in [-0.3, -0.25) is 4.79 Å². The molecule has 3 aromatic heterocycles. The molecule has 0 saturated carbocycles. The van der Waals surface area contributed by atoms with E-state index in [1.807, 2.05) is 18.4 Å². The Labute approximate surface area is 157 Å². The van der Waals surface area contributed by atoms with Crippen molar-refractivity contribution in [2.75, 3.05) is 5.32 Å². The Balaban J connectivity index is 1.45. The first-order valence-corrected chi connectivity index (χ1v) is 8.83. The van der Waals surface area contributed by atoms with Gasteiger partial charge >= 0.3 is 5.97 Å². The minimum absolute atomic E-state index is 0.0770. The number of ether oxygens (including phenoxy) is 1. The van der Waals surface area contributed by atoms with Crippen molar-refractivity contribution in [1.29, 1.82) is 0 Å². The van der Waals surface area contributed by atoms with Crippen LogP contribution in [0.1, 0.15) is 26.0 Å². The molecular weight excluding hydrogens is 366 g/mol. The summed E-state index contributed by atoms with van der Waals surface area (Å²) in [4.78, 5) is 33.0. The van der Waals surface area contributed by atoms with Crippen LogP contribution in [0.5, 0.6) is 5.75 Å². The molecule has 0 aliphatic rings. The van der Waals surface area contributed by atoms with Gasteiger partial charge in [-0.1, -0.05) is 6.07 Å². The molecule has 134 valence electrons. The predicted molar refractivity (Wildman–Crippen MR) is 99.2 cm³/mol. The van der Waals surface area contributed by atoms with Gasteiger partial charge in [-0.25, -0.2) is 14.3 Å². The van der Waals surface area contributed by atoms with Crippen LogP contribution < -0.4 is 10.1 Å². The summed E-state index contributed by atoms with van der Waals surface area (Å²) in [5.74, 6) is -0.306. The summed E-state index contributed by atoms with van der Waals surface area (Å²) >= 11 is 1.36. The molecular formula is C18H13N5O3S. The van der Waals surface area contributed by atoms with Gasteiger partial charge < -0.3 is 10.1 Å². The molecule has 0 bridgehead atoms. The highest BCUT2D eigenvalue weighted by atomic mass is 32.1. The van der Waals surface area contributed by atoms with E-state index >= 15 is 0 Å². The fraction of sp³-hybridized carbons (Fsp3) is 0.0556. The Morgan fingerprint density at radius 1 is 1.15 bits per heavy atom. The van der Waals surface area contributed by atoms with E-state index in [4.69, 9.17) is 4.74 Å². The molecule has 1 N–H and O–H groups in total. The molecule has 3 heterocycles. The third-order valence-corrected chi connectivity index (χ3v) is 4.55. The number of carbonyl (C=O) groups is 2. The Bertz CT molecular complexity index is 1120. The van der Waals surface area contributed by atoms with Gasteiger partial charge in [0.1, 0.15) is 5.75 Å². The van der Waals surface area contributed by atoms with Crippen molar-refractivity contribution in [3.8, 4) is 5.75 Å². The molecule has 9 heteroatoms. The zero-order chi connectivity index (χ0) is 18.8. The Morgan fingerprint density at radius 2 is 1.96 bits per heavy atom. The number of nitrogens with one attached hydrogen (secondary N) is 1. The number of carbonyl (C=O) groups excluding carboxylic acids is 2. The van der Waals surface area contributed by atoms with Crippen LogP contribution in [0.15, 0.2) is 54.0 Å². The number of fused-ring (bicyclic) bond motifs is 1. The fourth-order valence-electron chi connectivity index (χ4n) is 2.35. The number of rotatable bonds is 4. The first-order chi connectivity index (χ1) is 13.1. The van der Waals surface area contributed by atoms with Crippen molar-refractivity contribution in [3.05, 3.63) is 70.4 Å². The molecule has 0 aliphatic heterocycles. The number of benzene rings is 1. The van der Waals surface area contributed by atoms with E-state index in [1.54, 1.807) is 42.6 Å². The number of aromatic nitrogens is 4. The Kier molecular flexibility index (Phi) is 4.35. The number of esters is 1. The lowest BCUT2D eigenvalue weighted by atomic mass is 10.3.